The lowest BCUT2D eigenvalue weighted by Crippen LogP contribution is -1.78. The molecule has 3 aromatic carbocycles. The van der Waals surface area contributed by atoms with Crippen LogP contribution in [0.2, 0.25) is 5.02 Å². The van der Waals surface area contributed by atoms with Crippen LogP contribution in [-0.4, -0.2) is 4.98 Å². The lowest BCUT2D eigenvalue weighted by Gasteiger charge is -2.01. The van der Waals surface area contributed by atoms with Crippen molar-refractivity contribution in [2.24, 2.45) is 0 Å². The highest BCUT2D eigenvalue weighted by Gasteiger charge is 2.04. The Hall–Kier alpha value is -2.25. The van der Waals surface area contributed by atoms with Gasteiger partial charge in [-0.15, -0.1) is 0 Å². The summed E-state index contributed by atoms with van der Waals surface area (Å²) >= 11 is 6.03. The van der Waals surface area contributed by atoms with Gasteiger partial charge in [-0.25, -0.2) is 0 Å². The Morgan fingerprint density at radius 2 is 1.50 bits per heavy atom. The van der Waals surface area contributed by atoms with Gasteiger partial charge < -0.3 is 4.98 Å². The van der Waals surface area contributed by atoms with Crippen LogP contribution in [0.15, 0.2) is 66.7 Å². The summed E-state index contributed by atoms with van der Waals surface area (Å²) < 4.78 is 0. The molecular weight excluding hydrogens is 266 g/mol. The van der Waals surface area contributed by atoms with Gasteiger partial charge in [-0.2, -0.15) is 0 Å². The number of aromatic nitrogens is 1. The van der Waals surface area contributed by atoms with Crippen LogP contribution in [0.25, 0.3) is 32.9 Å². The van der Waals surface area contributed by atoms with Crippen molar-refractivity contribution < 1.29 is 0 Å². The summed E-state index contributed by atoms with van der Waals surface area (Å²) in [5, 5.41) is 4.44. The van der Waals surface area contributed by atoms with Crippen LogP contribution in [0.1, 0.15) is 0 Å². The van der Waals surface area contributed by atoms with Crippen LogP contribution in [-0.2, 0) is 0 Å². The summed E-state index contributed by atoms with van der Waals surface area (Å²) in [6.45, 7) is 0. The number of hydrogen-bond donors (Lipinski definition) is 1. The molecule has 2 heteroatoms. The molecule has 0 saturated carbocycles. The van der Waals surface area contributed by atoms with Crippen molar-refractivity contribution in [1.82, 2.24) is 4.98 Å². The molecule has 0 atom stereocenters. The fourth-order valence-electron chi connectivity index (χ4n) is 2.61. The van der Waals surface area contributed by atoms with Crippen LogP contribution in [0, 0.1) is 0 Å². The molecule has 4 rings (SSSR count). The molecule has 1 heterocycles. The molecule has 0 aliphatic rings. The van der Waals surface area contributed by atoms with E-state index in [0.717, 1.165) is 16.2 Å². The quantitative estimate of drug-likeness (QED) is 0.463. The molecule has 1 aromatic heterocycles. The van der Waals surface area contributed by atoms with Crippen LogP contribution < -0.4 is 0 Å². The van der Waals surface area contributed by atoms with E-state index in [9.17, 15) is 0 Å². The van der Waals surface area contributed by atoms with Crippen molar-refractivity contribution in [2.75, 3.05) is 0 Å². The van der Waals surface area contributed by atoms with Crippen LogP contribution in [0.3, 0.4) is 0 Å². The van der Waals surface area contributed by atoms with Gasteiger partial charge >= 0.3 is 0 Å². The van der Waals surface area contributed by atoms with Crippen molar-refractivity contribution >= 4 is 33.3 Å². The van der Waals surface area contributed by atoms with Gasteiger partial charge in [-0.05, 0) is 40.6 Å². The largest absolute Gasteiger partial charge is 0.354 e. The van der Waals surface area contributed by atoms with Crippen molar-refractivity contribution in [3.05, 3.63) is 71.8 Å². The zero-order valence-corrected chi connectivity index (χ0v) is 11.5. The number of hydrogen-bond acceptors (Lipinski definition) is 0. The second-order valence-electron chi connectivity index (χ2n) is 4.98. The number of rotatable bonds is 1. The third-order valence-electron chi connectivity index (χ3n) is 3.64. The van der Waals surface area contributed by atoms with E-state index in [1.54, 1.807) is 0 Å². The minimum absolute atomic E-state index is 0.754. The standard InChI is InChI=1S/C18H12ClN/c19-16-8-7-15-10-17(20-18(15)11-16)14-6-5-12-3-1-2-4-13(12)9-14/h1-11,20H. The van der Waals surface area contributed by atoms with E-state index in [4.69, 9.17) is 11.6 Å². The Morgan fingerprint density at radius 1 is 0.700 bits per heavy atom. The Labute approximate surface area is 121 Å². The zero-order valence-electron chi connectivity index (χ0n) is 10.7. The third-order valence-corrected chi connectivity index (χ3v) is 3.88. The first-order valence-electron chi connectivity index (χ1n) is 6.57. The molecule has 96 valence electrons. The summed E-state index contributed by atoms with van der Waals surface area (Å²) in [5.41, 5.74) is 3.38. The molecule has 0 fully saturated rings. The highest BCUT2D eigenvalue weighted by molar-refractivity contribution is 6.31. The fraction of sp³-hybridized carbons (Fsp3) is 0. The lowest BCUT2D eigenvalue weighted by molar-refractivity contribution is 1.46. The van der Waals surface area contributed by atoms with Gasteiger partial charge in [0.25, 0.3) is 0 Å². The summed E-state index contributed by atoms with van der Waals surface area (Å²) in [6.07, 6.45) is 0. The van der Waals surface area contributed by atoms with Gasteiger partial charge in [0.05, 0.1) is 0 Å². The first-order chi connectivity index (χ1) is 9.79. The minimum Gasteiger partial charge on any atom is -0.354 e. The topological polar surface area (TPSA) is 15.8 Å². The van der Waals surface area contributed by atoms with Crippen LogP contribution in [0.4, 0.5) is 0 Å². The minimum atomic E-state index is 0.754. The molecule has 0 aliphatic heterocycles. The Morgan fingerprint density at radius 3 is 2.40 bits per heavy atom. The average molecular weight is 278 g/mol. The highest BCUT2D eigenvalue weighted by atomic mass is 35.5. The maximum Gasteiger partial charge on any atom is 0.0473 e. The van der Waals surface area contributed by atoms with Gasteiger partial charge in [-0.3, -0.25) is 0 Å². The van der Waals surface area contributed by atoms with Gasteiger partial charge in [-0.1, -0.05) is 54.1 Å². The molecule has 1 nitrogen and oxygen atoms in total. The average Bonchev–Trinajstić information content (AvgIpc) is 2.89. The maximum absolute atomic E-state index is 6.03. The predicted octanol–water partition coefficient (Wildman–Crippen LogP) is 5.64. The van der Waals surface area contributed by atoms with Crippen molar-refractivity contribution in [1.29, 1.82) is 0 Å². The first-order valence-corrected chi connectivity index (χ1v) is 6.95. The zero-order chi connectivity index (χ0) is 13.5. The Bertz CT molecular complexity index is 921. The van der Waals surface area contributed by atoms with Crippen LogP contribution >= 0.6 is 11.6 Å². The summed E-state index contributed by atoms with van der Waals surface area (Å²) in [6, 6.07) is 23.0. The van der Waals surface area contributed by atoms with Crippen molar-refractivity contribution in [2.45, 2.75) is 0 Å². The second kappa shape index (κ2) is 4.39. The molecule has 0 radical (unpaired) electrons. The predicted molar refractivity (Wildman–Crippen MR) is 86.3 cm³/mol. The summed E-state index contributed by atoms with van der Waals surface area (Å²) in [7, 11) is 0. The number of benzene rings is 3. The number of nitrogens with one attached hydrogen (secondary N) is 1. The van der Waals surface area contributed by atoms with Gasteiger partial charge in [0.1, 0.15) is 0 Å². The summed E-state index contributed by atoms with van der Waals surface area (Å²) in [5.74, 6) is 0. The molecule has 0 amide bonds. The van der Waals surface area contributed by atoms with Crippen LogP contribution in [0.5, 0.6) is 0 Å². The van der Waals surface area contributed by atoms with E-state index in [1.165, 1.54) is 21.7 Å². The Balaban J connectivity index is 1.91. The Kier molecular flexibility index (Phi) is 2.54. The van der Waals surface area contributed by atoms with E-state index in [-0.39, 0.29) is 0 Å². The van der Waals surface area contributed by atoms with Gasteiger partial charge in [0.15, 0.2) is 0 Å². The number of fused-ring (bicyclic) bond motifs is 2. The monoisotopic (exact) mass is 277 g/mol. The number of aromatic amines is 1. The molecule has 0 saturated heterocycles. The van der Waals surface area contributed by atoms with Crippen molar-refractivity contribution in [3.8, 4) is 11.3 Å². The molecule has 20 heavy (non-hydrogen) atoms. The molecule has 1 N–H and O–H groups in total. The van der Waals surface area contributed by atoms with E-state index in [1.807, 2.05) is 18.2 Å². The smallest absolute Gasteiger partial charge is 0.0473 e. The molecule has 0 bridgehead atoms. The SMILES string of the molecule is Clc1ccc2cc(-c3ccc4ccccc4c3)[nH]c2c1. The second-order valence-corrected chi connectivity index (χ2v) is 5.41. The van der Waals surface area contributed by atoms with Crippen molar-refractivity contribution in [3.63, 3.8) is 0 Å². The number of halogens is 1. The highest BCUT2D eigenvalue weighted by Crippen LogP contribution is 2.28. The van der Waals surface area contributed by atoms with Gasteiger partial charge in [0.2, 0.25) is 0 Å². The molecule has 4 aromatic rings. The molecular formula is C18H12ClN. The lowest BCUT2D eigenvalue weighted by atomic mass is 10.1. The third kappa shape index (κ3) is 1.87. The number of H-pyrrole nitrogens is 1. The molecule has 0 spiro atoms. The normalized spacial score (nSPS) is 11.2. The fourth-order valence-corrected chi connectivity index (χ4v) is 2.78. The van der Waals surface area contributed by atoms with Gasteiger partial charge in [0, 0.05) is 21.6 Å². The molecule has 0 aliphatic carbocycles. The summed E-state index contributed by atoms with van der Waals surface area (Å²) in [4.78, 5) is 3.43. The van der Waals surface area contributed by atoms with E-state index in [0.29, 0.717) is 0 Å². The maximum atomic E-state index is 6.03. The molecule has 0 unspecified atom stereocenters. The van der Waals surface area contributed by atoms with E-state index < -0.39 is 0 Å². The van der Waals surface area contributed by atoms with E-state index >= 15 is 0 Å². The van der Waals surface area contributed by atoms with E-state index in [2.05, 4.69) is 53.5 Å². The first kappa shape index (κ1) is 11.6.